The molecule has 1 aliphatic carbocycles. The summed E-state index contributed by atoms with van der Waals surface area (Å²) in [6.45, 7) is 1.88. The van der Waals surface area contributed by atoms with Gasteiger partial charge >= 0.3 is 11.9 Å². The van der Waals surface area contributed by atoms with Gasteiger partial charge in [-0.05, 0) is 13.3 Å². The number of alkyl halides is 2. The molecule has 0 radical (unpaired) electrons. The van der Waals surface area contributed by atoms with Gasteiger partial charge in [0.1, 0.15) is 0 Å². The second kappa shape index (κ2) is 4.55. The number of carboxylic acid groups (broad SMARTS) is 1. The topological polar surface area (TPSA) is 72.6 Å². The van der Waals surface area contributed by atoms with Gasteiger partial charge in [-0.1, -0.05) is 0 Å². The lowest BCUT2D eigenvalue weighted by Crippen LogP contribution is -2.09. The van der Waals surface area contributed by atoms with Crippen LogP contribution in [0, 0.1) is 0 Å². The van der Waals surface area contributed by atoms with Crippen LogP contribution in [-0.2, 0) is 0 Å². The van der Waals surface area contributed by atoms with Gasteiger partial charge in [0.25, 0.3) is 0 Å². The highest BCUT2D eigenvalue weighted by Gasteiger charge is 2.42. The molecule has 2 rings (SSSR count). The fraction of sp³-hybridized carbons (Fsp3) is 0.636. The lowest BCUT2D eigenvalue weighted by molar-refractivity contribution is 0.00693. The van der Waals surface area contributed by atoms with E-state index in [-0.39, 0.29) is 43.4 Å². The predicted molar refractivity (Wildman–Crippen MR) is 56.2 cm³/mol. The first kappa shape index (κ1) is 12.8. The van der Waals surface area contributed by atoms with Crippen molar-refractivity contribution in [2.24, 2.45) is 0 Å². The van der Waals surface area contributed by atoms with Gasteiger partial charge in [0, 0.05) is 18.8 Å². The zero-order valence-electron chi connectivity index (χ0n) is 9.78. The molecule has 0 aromatic carbocycles. The molecule has 0 aliphatic heterocycles. The third-order valence-electron chi connectivity index (χ3n) is 2.84. The molecule has 0 bridgehead atoms. The van der Waals surface area contributed by atoms with Crippen molar-refractivity contribution in [2.45, 2.75) is 38.0 Å². The largest absolute Gasteiger partial charge is 0.476 e. The molecule has 0 spiro atoms. The summed E-state index contributed by atoms with van der Waals surface area (Å²) < 4.78 is 36.3. The van der Waals surface area contributed by atoms with Crippen LogP contribution in [0.1, 0.15) is 48.5 Å². The summed E-state index contributed by atoms with van der Waals surface area (Å²) in [6.07, 6.45) is -0.358. The zero-order valence-corrected chi connectivity index (χ0v) is 9.78. The van der Waals surface area contributed by atoms with E-state index in [1.807, 2.05) is 0 Å². The summed E-state index contributed by atoms with van der Waals surface area (Å²) >= 11 is 0. The molecule has 18 heavy (non-hydrogen) atoms. The minimum atomic E-state index is -2.73. The number of hydrogen-bond donors (Lipinski definition) is 1. The molecule has 1 aromatic heterocycles. The lowest BCUT2D eigenvalue weighted by atomic mass is 10.1. The SMILES string of the molecule is CCOc1oc(C2CCC(F)(F)C2)nc1C(=O)O. The Morgan fingerprint density at radius 2 is 2.39 bits per heavy atom. The smallest absolute Gasteiger partial charge is 0.362 e. The van der Waals surface area contributed by atoms with E-state index < -0.39 is 17.8 Å². The lowest BCUT2D eigenvalue weighted by Gasteiger charge is -2.06. The van der Waals surface area contributed by atoms with Crippen LogP contribution < -0.4 is 4.74 Å². The van der Waals surface area contributed by atoms with Gasteiger partial charge in [0.05, 0.1) is 6.61 Å². The van der Waals surface area contributed by atoms with E-state index in [0.717, 1.165) is 0 Å². The van der Waals surface area contributed by atoms with Crippen LogP contribution >= 0.6 is 0 Å². The van der Waals surface area contributed by atoms with Crippen molar-refractivity contribution < 1.29 is 27.8 Å². The second-order valence-electron chi connectivity index (χ2n) is 4.22. The van der Waals surface area contributed by atoms with Crippen molar-refractivity contribution >= 4 is 5.97 Å². The van der Waals surface area contributed by atoms with E-state index in [4.69, 9.17) is 14.3 Å². The molecule has 0 amide bonds. The highest BCUT2D eigenvalue weighted by Crippen LogP contribution is 2.44. The van der Waals surface area contributed by atoms with Crippen LogP contribution in [0.4, 0.5) is 8.78 Å². The van der Waals surface area contributed by atoms with Gasteiger partial charge < -0.3 is 14.3 Å². The Morgan fingerprint density at radius 3 is 2.89 bits per heavy atom. The van der Waals surface area contributed by atoms with Crippen molar-refractivity contribution in [3.8, 4) is 5.95 Å². The van der Waals surface area contributed by atoms with Crippen LogP contribution in [0.25, 0.3) is 0 Å². The standard InChI is InChI=1S/C11H13F2NO4/c1-2-17-10-7(9(15)16)14-8(18-10)6-3-4-11(12,13)5-6/h6H,2-5H2,1H3,(H,15,16). The average Bonchev–Trinajstić information content (AvgIpc) is 2.82. The molecule has 1 unspecified atom stereocenters. The minimum Gasteiger partial charge on any atom is -0.476 e. The van der Waals surface area contributed by atoms with Crippen LogP contribution in [0.2, 0.25) is 0 Å². The number of nitrogens with zero attached hydrogens (tertiary/aromatic N) is 1. The van der Waals surface area contributed by atoms with Crippen LogP contribution in [0.15, 0.2) is 4.42 Å². The summed E-state index contributed by atoms with van der Waals surface area (Å²) in [6, 6.07) is 0. The number of carboxylic acids is 1. The molecule has 1 aromatic rings. The molecule has 1 saturated carbocycles. The number of ether oxygens (including phenoxy) is 1. The molecule has 5 nitrogen and oxygen atoms in total. The number of carbonyl (C=O) groups is 1. The maximum atomic E-state index is 13.1. The summed E-state index contributed by atoms with van der Waals surface area (Å²) in [7, 11) is 0. The molecule has 100 valence electrons. The van der Waals surface area contributed by atoms with Gasteiger partial charge in [-0.2, -0.15) is 0 Å². The van der Waals surface area contributed by atoms with Gasteiger partial charge in [-0.25, -0.2) is 18.6 Å². The van der Waals surface area contributed by atoms with E-state index in [1.165, 1.54) is 0 Å². The minimum absolute atomic E-state index is 0.0213. The quantitative estimate of drug-likeness (QED) is 0.902. The van der Waals surface area contributed by atoms with Gasteiger partial charge in [-0.3, -0.25) is 0 Å². The third-order valence-corrected chi connectivity index (χ3v) is 2.84. The van der Waals surface area contributed by atoms with Gasteiger partial charge in [-0.15, -0.1) is 0 Å². The van der Waals surface area contributed by atoms with Gasteiger partial charge in [0.2, 0.25) is 17.5 Å². The maximum Gasteiger partial charge on any atom is 0.362 e. The summed E-state index contributed by atoms with van der Waals surface area (Å²) in [4.78, 5) is 14.7. The first-order valence-corrected chi connectivity index (χ1v) is 5.67. The summed E-state index contributed by atoms with van der Waals surface area (Å²) in [5.74, 6) is -4.76. The molecular formula is C11H13F2NO4. The van der Waals surface area contributed by atoms with Gasteiger partial charge in [0.15, 0.2) is 0 Å². The monoisotopic (exact) mass is 261 g/mol. The van der Waals surface area contributed by atoms with Crippen molar-refractivity contribution in [1.29, 1.82) is 0 Å². The summed E-state index contributed by atoms with van der Waals surface area (Å²) in [5, 5.41) is 8.90. The Labute approximate surface area is 102 Å². The Balaban J connectivity index is 2.24. The number of hydrogen-bond acceptors (Lipinski definition) is 4. The fourth-order valence-electron chi connectivity index (χ4n) is 2.02. The van der Waals surface area contributed by atoms with E-state index in [2.05, 4.69) is 4.98 Å². The molecule has 7 heteroatoms. The molecular weight excluding hydrogens is 248 g/mol. The Hall–Kier alpha value is -1.66. The second-order valence-corrected chi connectivity index (χ2v) is 4.22. The Kier molecular flexibility index (Phi) is 3.23. The number of aromatic nitrogens is 1. The first-order chi connectivity index (χ1) is 8.43. The van der Waals surface area contributed by atoms with Crippen molar-refractivity contribution in [3.05, 3.63) is 11.6 Å². The van der Waals surface area contributed by atoms with E-state index in [9.17, 15) is 13.6 Å². The number of aromatic carboxylic acids is 1. The van der Waals surface area contributed by atoms with Crippen LogP contribution in [0.5, 0.6) is 5.95 Å². The molecule has 0 saturated heterocycles. The molecule has 1 aliphatic rings. The Morgan fingerprint density at radius 1 is 1.67 bits per heavy atom. The Bertz CT molecular complexity index is 458. The molecule has 1 N–H and O–H groups in total. The normalized spacial score (nSPS) is 22.1. The third kappa shape index (κ3) is 2.44. The van der Waals surface area contributed by atoms with Crippen LogP contribution in [-0.4, -0.2) is 28.6 Å². The van der Waals surface area contributed by atoms with E-state index in [0.29, 0.717) is 0 Å². The zero-order chi connectivity index (χ0) is 13.3. The van der Waals surface area contributed by atoms with E-state index in [1.54, 1.807) is 6.92 Å². The molecule has 1 fully saturated rings. The number of oxazole rings is 1. The highest BCUT2D eigenvalue weighted by molar-refractivity contribution is 5.87. The fourth-order valence-corrected chi connectivity index (χ4v) is 2.02. The van der Waals surface area contributed by atoms with Crippen LogP contribution in [0.3, 0.4) is 0 Å². The van der Waals surface area contributed by atoms with Crippen molar-refractivity contribution in [1.82, 2.24) is 4.98 Å². The van der Waals surface area contributed by atoms with E-state index >= 15 is 0 Å². The highest BCUT2D eigenvalue weighted by atomic mass is 19.3. The predicted octanol–water partition coefficient (Wildman–Crippen LogP) is 2.67. The molecule has 1 atom stereocenters. The van der Waals surface area contributed by atoms with Crippen molar-refractivity contribution in [3.63, 3.8) is 0 Å². The number of halogens is 2. The summed E-state index contributed by atoms with van der Waals surface area (Å²) in [5.41, 5.74) is -0.359. The first-order valence-electron chi connectivity index (χ1n) is 5.67. The van der Waals surface area contributed by atoms with Crippen molar-refractivity contribution in [2.75, 3.05) is 6.61 Å². The maximum absolute atomic E-state index is 13.1. The molecule has 1 heterocycles. The number of rotatable bonds is 4. The average molecular weight is 261 g/mol.